The second-order valence-corrected chi connectivity index (χ2v) is 4.85. The second kappa shape index (κ2) is 6.51. The zero-order chi connectivity index (χ0) is 15.4. The molecule has 1 aromatic carbocycles. The van der Waals surface area contributed by atoms with Crippen LogP contribution in [0.5, 0.6) is 0 Å². The van der Waals surface area contributed by atoms with Crippen LogP contribution >= 0.6 is 23.2 Å². The molecular weight excluding hydrogens is 319 g/mol. The lowest BCUT2D eigenvalue weighted by atomic mass is 10.3. The summed E-state index contributed by atoms with van der Waals surface area (Å²) in [4.78, 5) is 22.3. The molecule has 0 fully saturated rings. The van der Waals surface area contributed by atoms with Gasteiger partial charge in [0.15, 0.2) is 0 Å². The van der Waals surface area contributed by atoms with Crippen LogP contribution in [0.1, 0.15) is 16.3 Å². The zero-order valence-corrected chi connectivity index (χ0v) is 12.0. The maximum Gasteiger partial charge on any atom is 0.371 e. The summed E-state index contributed by atoms with van der Waals surface area (Å²) in [7, 11) is 0. The van der Waals surface area contributed by atoms with Crippen LogP contribution in [0.15, 0.2) is 34.7 Å². The number of benzene rings is 1. The van der Waals surface area contributed by atoms with Gasteiger partial charge in [-0.1, -0.05) is 23.2 Å². The molecule has 0 aliphatic carbocycles. The number of amides is 2. The second-order valence-electron chi connectivity index (χ2n) is 4.00. The molecule has 1 aromatic heterocycles. The summed E-state index contributed by atoms with van der Waals surface area (Å²) in [6, 6.07) is 6.94. The van der Waals surface area contributed by atoms with Gasteiger partial charge >= 0.3 is 12.0 Å². The van der Waals surface area contributed by atoms with Gasteiger partial charge in [-0.05, 0) is 30.3 Å². The molecular formula is C13H10Cl2N2O4. The fourth-order valence-electron chi connectivity index (χ4n) is 1.51. The number of carbonyl (C=O) groups excluding carboxylic acids is 1. The number of carbonyl (C=O) groups is 2. The number of carboxylic acid groups (broad SMARTS) is 1. The van der Waals surface area contributed by atoms with Crippen molar-refractivity contribution in [1.29, 1.82) is 0 Å². The van der Waals surface area contributed by atoms with Crippen LogP contribution < -0.4 is 10.6 Å². The monoisotopic (exact) mass is 328 g/mol. The molecule has 0 unspecified atom stereocenters. The number of nitrogens with one attached hydrogen (secondary N) is 2. The lowest BCUT2D eigenvalue weighted by Crippen LogP contribution is -2.28. The van der Waals surface area contributed by atoms with Gasteiger partial charge in [-0.2, -0.15) is 0 Å². The van der Waals surface area contributed by atoms with Gasteiger partial charge in [-0.15, -0.1) is 0 Å². The van der Waals surface area contributed by atoms with E-state index in [1.165, 1.54) is 18.2 Å². The molecule has 0 aliphatic rings. The predicted molar refractivity (Wildman–Crippen MR) is 78.0 cm³/mol. The van der Waals surface area contributed by atoms with E-state index in [0.717, 1.165) is 0 Å². The number of hydrogen-bond donors (Lipinski definition) is 3. The van der Waals surface area contributed by atoms with Crippen LogP contribution in [0.4, 0.5) is 10.5 Å². The Morgan fingerprint density at radius 3 is 2.57 bits per heavy atom. The molecule has 0 saturated heterocycles. The van der Waals surface area contributed by atoms with Gasteiger partial charge in [0, 0.05) is 5.02 Å². The molecule has 21 heavy (non-hydrogen) atoms. The summed E-state index contributed by atoms with van der Waals surface area (Å²) < 4.78 is 5.00. The SMILES string of the molecule is O=C(NCc1ccc(C(=O)O)o1)Nc1ccc(Cl)cc1Cl. The number of aromatic carboxylic acids is 1. The van der Waals surface area contributed by atoms with Crippen LogP contribution in [0.2, 0.25) is 10.0 Å². The van der Waals surface area contributed by atoms with Crippen molar-refractivity contribution in [2.24, 2.45) is 0 Å². The summed E-state index contributed by atoms with van der Waals surface area (Å²) in [6.07, 6.45) is 0. The number of halogens is 2. The molecule has 110 valence electrons. The quantitative estimate of drug-likeness (QED) is 0.799. The molecule has 0 spiro atoms. The normalized spacial score (nSPS) is 10.2. The Morgan fingerprint density at radius 1 is 1.19 bits per heavy atom. The number of urea groups is 1. The summed E-state index contributed by atoms with van der Waals surface area (Å²) >= 11 is 11.7. The smallest absolute Gasteiger partial charge is 0.371 e. The molecule has 3 N–H and O–H groups in total. The Kier molecular flexibility index (Phi) is 4.72. The highest BCUT2D eigenvalue weighted by molar-refractivity contribution is 6.36. The average molecular weight is 329 g/mol. The number of rotatable bonds is 4. The maximum absolute atomic E-state index is 11.7. The van der Waals surface area contributed by atoms with Crippen molar-refractivity contribution < 1.29 is 19.1 Å². The predicted octanol–water partition coefficient (Wildman–Crippen LogP) is 3.61. The van der Waals surface area contributed by atoms with E-state index >= 15 is 0 Å². The molecule has 1 heterocycles. The van der Waals surface area contributed by atoms with Crippen LogP contribution in [-0.2, 0) is 6.54 Å². The highest BCUT2D eigenvalue weighted by Gasteiger charge is 2.10. The number of hydrogen-bond acceptors (Lipinski definition) is 3. The van der Waals surface area contributed by atoms with Gasteiger partial charge in [0.05, 0.1) is 17.3 Å². The van der Waals surface area contributed by atoms with Crippen LogP contribution in [-0.4, -0.2) is 17.1 Å². The Hall–Kier alpha value is -2.18. The largest absolute Gasteiger partial charge is 0.475 e. The highest BCUT2D eigenvalue weighted by Crippen LogP contribution is 2.25. The molecule has 0 atom stereocenters. The van der Waals surface area contributed by atoms with Gasteiger partial charge < -0.3 is 20.2 Å². The van der Waals surface area contributed by atoms with Gasteiger partial charge in [0.1, 0.15) is 5.76 Å². The maximum atomic E-state index is 11.7. The molecule has 2 amide bonds. The first-order chi connectivity index (χ1) is 9.95. The first-order valence-corrected chi connectivity index (χ1v) is 6.53. The molecule has 2 aromatic rings. The Labute approximate surface area is 129 Å². The fourth-order valence-corrected chi connectivity index (χ4v) is 1.97. The van der Waals surface area contributed by atoms with E-state index in [-0.39, 0.29) is 12.3 Å². The number of carboxylic acids is 1. The Morgan fingerprint density at radius 2 is 1.95 bits per heavy atom. The van der Waals surface area contributed by atoms with Crippen LogP contribution in [0.25, 0.3) is 0 Å². The van der Waals surface area contributed by atoms with E-state index in [1.807, 2.05) is 0 Å². The molecule has 0 bridgehead atoms. The third kappa shape index (κ3) is 4.14. The minimum Gasteiger partial charge on any atom is -0.475 e. The number of furan rings is 1. The van der Waals surface area contributed by atoms with Crippen molar-refractivity contribution in [2.75, 3.05) is 5.32 Å². The Bertz CT molecular complexity index is 685. The van der Waals surface area contributed by atoms with Crippen LogP contribution in [0, 0.1) is 0 Å². The van der Waals surface area contributed by atoms with Crippen molar-refractivity contribution >= 4 is 40.9 Å². The Balaban J connectivity index is 1.91. The van der Waals surface area contributed by atoms with Crippen molar-refractivity contribution in [3.05, 3.63) is 51.9 Å². The average Bonchev–Trinajstić information content (AvgIpc) is 2.89. The van der Waals surface area contributed by atoms with E-state index in [4.69, 9.17) is 32.7 Å². The van der Waals surface area contributed by atoms with E-state index < -0.39 is 12.0 Å². The van der Waals surface area contributed by atoms with Gasteiger partial charge in [0.25, 0.3) is 0 Å². The minimum atomic E-state index is -1.17. The zero-order valence-electron chi connectivity index (χ0n) is 10.5. The molecule has 8 heteroatoms. The van der Waals surface area contributed by atoms with Gasteiger partial charge in [0.2, 0.25) is 5.76 Å². The van der Waals surface area contributed by atoms with E-state index in [0.29, 0.717) is 21.5 Å². The third-order valence-electron chi connectivity index (χ3n) is 2.47. The van der Waals surface area contributed by atoms with E-state index in [9.17, 15) is 9.59 Å². The van der Waals surface area contributed by atoms with Gasteiger partial charge in [-0.3, -0.25) is 0 Å². The lowest BCUT2D eigenvalue weighted by molar-refractivity contribution is 0.0660. The van der Waals surface area contributed by atoms with Crippen molar-refractivity contribution in [3.63, 3.8) is 0 Å². The van der Waals surface area contributed by atoms with Gasteiger partial charge in [-0.25, -0.2) is 9.59 Å². The highest BCUT2D eigenvalue weighted by atomic mass is 35.5. The fraction of sp³-hybridized carbons (Fsp3) is 0.0769. The van der Waals surface area contributed by atoms with Crippen molar-refractivity contribution in [2.45, 2.75) is 6.54 Å². The molecule has 0 saturated carbocycles. The van der Waals surface area contributed by atoms with Crippen molar-refractivity contribution in [1.82, 2.24) is 5.32 Å². The minimum absolute atomic E-state index is 0.0460. The van der Waals surface area contributed by atoms with Crippen LogP contribution in [0.3, 0.4) is 0 Å². The van der Waals surface area contributed by atoms with Crippen molar-refractivity contribution in [3.8, 4) is 0 Å². The summed E-state index contributed by atoms with van der Waals surface area (Å²) in [5.74, 6) is -1.03. The molecule has 0 radical (unpaired) electrons. The molecule has 2 rings (SSSR count). The third-order valence-corrected chi connectivity index (χ3v) is 3.02. The summed E-state index contributed by atoms with van der Waals surface area (Å²) in [6.45, 7) is 0.0460. The number of anilines is 1. The molecule has 0 aliphatic heterocycles. The van der Waals surface area contributed by atoms with E-state index in [2.05, 4.69) is 10.6 Å². The first kappa shape index (κ1) is 15.2. The molecule has 6 nitrogen and oxygen atoms in total. The standard InChI is InChI=1S/C13H10Cl2N2O4/c14-7-1-3-10(9(15)5-7)17-13(20)16-6-8-2-4-11(21-8)12(18)19/h1-5H,6H2,(H,18,19)(H2,16,17,20). The summed E-state index contributed by atoms with van der Waals surface area (Å²) in [5.41, 5.74) is 0.407. The topological polar surface area (TPSA) is 91.6 Å². The summed E-state index contributed by atoms with van der Waals surface area (Å²) in [5, 5.41) is 14.5. The first-order valence-electron chi connectivity index (χ1n) is 5.77. The lowest BCUT2D eigenvalue weighted by Gasteiger charge is -2.08. The van der Waals surface area contributed by atoms with E-state index in [1.54, 1.807) is 12.1 Å².